The first-order chi connectivity index (χ1) is 11.3. The predicted molar refractivity (Wildman–Crippen MR) is 90.3 cm³/mol. The van der Waals surface area contributed by atoms with E-state index in [0.29, 0.717) is 6.54 Å². The fraction of sp³-hybridized carbons (Fsp3) is 0.250. The molecule has 23 heavy (non-hydrogen) atoms. The molecule has 0 radical (unpaired) electrons. The first-order valence-electron chi connectivity index (χ1n) is 7.47. The second kappa shape index (κ2) is 5.58. The van der Waals surface area contributed by atoms with Crippen molar-refractivity contribution in [2.24, 2.45) is 7.05 Å². The number of fused-ring (bicyclic) bond motifs is 1. The molecule has 0 atom stereocenters. The van der Waals surface area contributed by atoms with Crippen LogP contribution >= 0.6 is 11.3 Å². The highest BCUT2D eigenvalue weighted by molar-refractivity contribution is 7.13. The van der Waals surface area contributed by atoms with E-state index in [1.54, 1.807) is 23.7 Å². The van der Waals surface area contributed by atoms with Gasteiger partial charge in [-0.1, -0.05) is 6.92 Å². The van der Waals surface area contributed by atoms with Crippen molar-refractivity contribution in [3.05, 3.63) is 47.8 Å². The lowest BCUT2D eigenvalue weighted by atomic mass is 10.3. The molecular weight excluding hydrogens is 308 g/mol. The van der Waals surface area contributed by atoms with Gasteiger partial charge >= 0.3 is 0 Å². The van der Waals surface area contributed by atoms with Crippen LogP contribution in [0.2, 0.25) is 0 Å². The van der Waals surface area contributed by atoms with Crippen LogP contribution in [0.25, 0.3) is 21.9 Å². The number of aryl methyl sites for hydroxylation is 2. The minimum Gasteiger partial charge on any atom is -0.330 e. The van der Waals surface area contributed by atoms with Crippen LogP contribution in [0, 0.1) is 0 Å². The van der Waals surface area contributed by atoms with Gasteiger partial charge in [0.25, 0.3) is 0 Å². The third-order valence-electron chi connectivity index (χ3n) is 3.93. The van der Waals surface area contributed by atoms with Crippen LogP contribution in [-0.4, -0.2) is 29.1 Å². The number of hydrogen-bond acceptors (Lipinski definition) is 5. The van der Waals surface area contributed by atoms with E-state index < -0.39 is 0 Å². The van der Waals surface area contributed by atoms with E-state index in [9.17, 15) is 0 Å². The first kappa shape index (κ1) is 14.1. The number of imidazole rings is 2. The van der Waals surface area contributed by atoms with Crippen molar-refractivity contribution in [1.29, 1.82) is 0 Å². The quantitative estimate of drug-likeness (QED) is 0.579. The number of rotatable bonds is 4. The molecule has 116 valence electrons. The minimum absolute atomic E-state index is 0.654. The number of hydrogen-bond donors (Lipinski definition) is 0. The summed E-state index contributed by atoms with van der Waals surface area (Å²) in [5.74, 6) is 1.85. The van der Waals surface area contributed by atoms with Crippen molar-refractivity contribution in [2.75, 3.05) is 0 Å². The highest BCUT2D eigenvalue weighted by atomic mass is 32.1. The Kier molecular flexibility index (Phi) is 3.42. The summed E-state index contributed by atoms with van der Waals surface area (Å²) in [4.78, 5) is 17.9. The van der Waals surface area contributed by atoms with E-state index in [1.165, 1.54) is 0 Å². The van der Waals surface area contributed by atoms with Crippen molar-refractivity contribution in [3.8, 4) is 10.8 Å². The number of pyridine rings is 1. The Morgan fingerprint density at radius 1 is 1.17 bits per heavy atom. The third kappa shape index (κ3) is 2.43. The average molecular weight is 324 g/mol. The summed E-state index contributed by atoms with van der Waals surface area (Å²) in [6.07, 6.45) is 8.34. The van der Waals surface area contributed by atoms with Gasteiger partial charge in [0.05, 0.1) is 18.3 Å². The van der Waals surface area contributed by atoms with E-state index in [0.717, 1.165) is 39.8 Å². The molecule has 0 bridgehead atoms. The topological polar surface area (TPSA) is 61.4 Å². The number of nitrogens with zero attached hydrogens (tertiary/aromatic N) is 6. The van der Waals surface area contributed by atoms with Gasteiger partial charge in [0.2, 0.25) is 0 Å². The summed E-state index contributed by atoms with van der Waals surface area (Å²) >= 11 is 1.59. The molecular formula is C16H16N6S. The maximum Gasteiger partial charge on any atom is 0.169 e. The molecule has 0 aliphatic heterocycles. The van der Waals surface area contributed by atoms with Gasteiger partial charge in [-0.25, -0.2) is 15.0 Å². The predicted octanol–water partition coefficient (Wildman–Crippen LogP) is 2.90. The summed E-state index contributed by atoms with van der Waals surface area (Å²) in [6.45, 7) is 2.76. The van der Waals surface area contributed by atoms with Crippen LogP contribution in [-0.2, 0) is 20.0 Å². The van der Waals surface area contributed by atoms with Gasteiger partial charge in [-0.2, -0.15) is 0 Å². The Balaban J connectivity index is 1.74. The lowest BCUT2D eigenvalue weighted by Gasteiger charge is -2.06. The summed E-state index contributed by atoms with van der Waals surface area (Å²) in [5, 5.41) is 2.88. The molecule has 0 spiro atoms. The van der Waals surface area contributed by atoms with E-state index >= 15 is 0 Å². The molecule has 0 aliphatic carbocycles. The molecule has 0 fully saturated rings. The summed E-state index contributed by atoms with van der Waals surface area (Å²) in [5.41, 5.74) is 3.12. The highest BCUT2D eigenvalue weighted by Crippen LogP contribution is 2.22. The van der Waals surface area contributed by atoms with Gasteiger partial charge < -0.3 is 9.13 Å². The molecule has 4 aromatic heterocycles. The molecule has 7 heteroatoms. The highest BCUT2D eigenvalue weighted by Gasteiger charge is 2.13. The second-order valence-corrected chi connectivity index (χ2v) is 6.22. The molecule has 0 aromatic carbocycles. The van der Waals surface area contributed by atoms with Crippen LogP contribution < -0.4 is 0 Å². The molecule has 0 aliphatic rings. The SMILES string of the molecule is CCc1cc2c(cn1)nc(Cn1ccnc1-c1nccs1)n2C. The smallest absolute Gasteiger partial charge is 0.169 e. The van der Waals surface area contributed by atoms with Crippen LogP contribution in [0.4, 0.5) is 0 Å². The number of aromatic nitrogens is 6. The maximum atomic E-state index is 4.72. The van der Waals surface area contributed by atoms with Gasteiger partial charge in [0.15, 0.2) is 10.8 Å². The monoisotopic (exact) mass is 324 g/mol. The Bertz CT molecular complexity index is 950. The molecule has 6 nitrogen and oxygen atoms in total. The van der Waals surface area contributed by atoms with Crippen LogP contribution in [0.5, 0.6) is 0 Å². The van der Waals surface area contributed by atoms with E-state index in [2.05, 4.69) is 37.1 Å². The van der Waals surface area contributed by atoms with Gasteiger partial charge in [0, 0.05) is 36.7 Å². The van der Waals surface area contributed by atoms with Gasteiger partial charge in [0.1, 0.15) is 11.3 Å². The molecule has 0 saturated heterocycles. The van der Waals surface area contributed by atoms with Gasteiger partial charge in [-0.15, -0.1) is 11.3 Å². The number of thiazole rings is 1. The molecule has 4 heterocycles. The minimum atomic E-state index is 0.654. The molecule has 0 saturated carbocycles. The Morgan fingerprint density at radius 2 is 2.09 bits per heavy atom. The average Bonchev–Trinajstić information content (AvgIpc) is 3.29. The van der Waals surface area contributed by atoms with Crippen molar-refractivity contribution >= 4 is 22.4 Å². The van der Waals surface area contributed by atoms with Crippen molar-refractivity contribution < 1.29 is 0 Å². The molecule has 4 aromatic rings. The normalized spacial score (nSPS) is 11.4. The van der Waals surface area contributed by atoms with Crippen LogP contribution in [0.1, 0.15) is 18.4 Å². The van der Waals surface area contributed by atoms with E-state index in [-0.39, 0.29) is 0 Å². The standard InChI is InChI=1S/C16H16N6S/c1-3-11-8-13-12(9-19-11)20-14(21(13)2)10-22-6-4-17-15(22)16-18-5-7-23-16/h4-9H,3,10H2,1-2H3. The van der Waals surface area contributed by atoms with Crippen LogP contribution in [0.3, 0.4) is 0 Å². The van der Waals surface area contributed by atoms with Gasteiger partial charge in [-0.3, -0.25) is 4.98 Å². The largest absolute Gasteiger partial charge is 0.330 e. The second-order valence-electron chi connectivity index (χ2n) is 5.32. The van der Waals surface area contributed by atoms with Gasteiger partial charge in [-0.05, 0) is 12.5 Å². The molecule has 4 rings (SSSR count). The van der Waals surface area contributed by atoms with E-state index in [4.69, 9.17) is 4.98 Å². The van der Waals surface area contributed by atoms with Crippen molar-refractivity contribution in [2.45, 2.75) is 19.9 Å². The Morgan fingerprint density at radius 3 is 2.87 bits per heavy atom. The molecule has 0 unspecified atom stereocenters. The lowest BCUT2D eigenvalue weighted by molar-refractivity contribution is 0.713. The zero-order valence-electron chi connectivity index (χ0n) is 13.0. The van der Waals surface area contributed by atoms with Crippen LogP contribution in [0.15, 0.2) is 36.2 Å². The Hall–Kier alpha value is -2.54. The fourth-order valence-electron chi connectivity index (χ4n) is 2.64. The fourth-order valence-corrected chi connectivity index (χ4v) is 3.29. The van der Waals surface area contributed by atoms with Crippen molar-refractivity contribution in [1.82, 2.24) is 29.1 Å². The molecule has 0 N–H and O–H groups in total. The Labute approximate surface area is 137 Å². The molecule has 0 amide bonds. The zero-order valence-corrected chi connectivity index (χ0v) is 13.8. The van der Waals surface area contributed by atoms with E-state index in [1.807, 2.05) is 24.8 Å². The summed E-state index contributed by atoms with van der Waals surface area (Å²) in [7, 11) is 2.05. The summed E-state index contributed by atoms with van der Waals surface area (Å²) < 4.78 is 4.20. The summed E-state index contributed by atoms with van der Waals surface area (Å²) in [6, 6.07) is 2.11. The maximum absolute atomic E-state index is 4.72. The zero-order chi connectivity index (χ0) is 15.8. The lowest BCUT2D eigenvalue weighted by Crippen LogP contribution is -2.06. The third-order valence-corrected chi connectivity index (χ3v) is 4.70. The van der Waals surface area contributed by atoms with Crippen molar-refractivity contribution in [3.63, 3.8) is 0 Å². The first-order valence-corrected chi connectivity index (χ1v) is 8.35.